The molecule has 0 bridgehead atoms. The van der Waals surface area contributed by atoms with Gasteiger partial charge in [0, 0.05) is 12.6 Å². The molecule has 0 saturated carbocycles. The number of aliphatic hydroxyl groups is 2. The summed E-state index contributed by atoms with van der Waals surface area (Å²) >= 11 is 0. The van der Waals surface area contributed by atoms with E-state index in [0.717, 1.165) is 0 Å². The number of carboxylic acid groups (broad SMARTS) is 1. The van der Waals surface area contributed by atoms with E-state index in [-0.39, 0.29) is 5.96 Å². The lowest BCUT2D eigenvalue weighted by molar-refractivity contribution is -0.153. The van der Waals surface area contributed by atoms with Crippen LogP contribution in [0.1, 0.15) is 12.8 Å². The molecule has 0 heterocycles. The van der Waals surface area contributed by atoms with E-state index in [4.69, 9.17) is 27.4 Å². The van der Waals surface area contributed by atoms with E-state index in [9.17, 15) is 9.90 Å². The third-order valence-electron chi connectivity index (χ3n) is 2.01. The number of aliphatic imine (C=N–C) groups is 1. The van der Waals surface area contributed by atoms with Gasteiger partial charge < -0.3 is 32.5 Å². The summed E-state index contributed by atoms with van der Waals surface area (Å²) in [6, 6.07) is -0.833. The average Bonchev–Trinajstić information content (AvgIpc) is 2.21. The Balaban J connectivity index is 3.92. The molecule has 0 aliphatic heterocycles. The summed E-state index contributed by atoms with van der Waals surface area (Å²) in [6.07, 6.45) is -2.58. The molecule has 8 nitrogen and oxygen atoms in total. The Morgan fingerprint density at radius 1 is 1.31 bits per heavy atom. The Kier molecular flexibility index (Phi) is 6.38. The van der Waals surface area contributed by atoms with Crippen molar-refractivity contribution in [2.75, 3.05) is 6.54 Å². The van der Waals surface area contributed by atoms with Crippen LogP contribution in [0.3, 0.4) is 0 Å². The second-order valence-electron chi connectivity index (χ2n) is 3.39. The summed E-state index contributed by atoms with van der Waals surface area (Å²) in [5, 5.41) is 26.8. The highest BCUT2D eigenvalue weighted by atomic mass is 16.4. The molecule has 0 aromatic rings. The lowest BCUT2D eigenvalue weighted by atomic mass is 10.0. The summed E-state index contributed by atoms with van der Waals surface area (Å²) in [5.74, 6) is -1.55. The molecule has 3 atom stereocenters. The van der Waals surface area contributed by atoms with Crippen LogP contribution in [-0.4, -0.2) is 52.0 Å². The molecule has 9 N–H and O–H groups in total. The topological polar surface area (TPSA) is 168 Å². The highest BCUT2D eigenvalue weighted by Crippen LogP contribution is 2.05. The molecule has 0 fully saturated rings. The molecule has 0 amide bonds. The van der Waals surface area contributed by atoms with Crippen molar-refractivity contribution in [2.45, 2.75) is 31.1 Å². The minimum Gasteiger partial charge on any atom is -0.479 e. The standard InChI is InChI=1S/C8H18N4O4/c9-4(2-1-3-12-8(10)11)5(13)6(14)7(15)16/h4-6,13-14H,1-3,9H2,(H,15,16)(H4,10,11,12)/t4-,5+,6+/m0/s1. The molecule has 16 heavy (non-hydrogen) atoms. The van der Waals surface area contributed by atoms with Gasteiger partial charge in [-0.1, -0.05) is 0 Å². The number of hydrogen-bond donors (Lipinski definition) is 6. The first-order chi connectivity index (χ1) is 7.36. The first-order valence-electron chi connectivity index (χ1n) is 4.76. The molecular weight excluding hydrogens is 216 g/mol. The molecule has 0 radical (unpaired) electrons. The number of guanidine groups is 1. The van der Waals surface area contributed by atoms with Gasteiger partial charge in [0.05, 0.1) is 0 Å². The van der Waals surface area contributed by atoms with E-state index in [1.165, 1.54) is 0 Å². The van der Waals surface area contributed by atoms with E-state index >= 15 is 0 Å². The predicted molar refractivity (Wildman–Crippen MR) is 57.5 cm³/mol. The average molecular weight is 234 g/mol. The van der Waals surface area contributed by atoms with Crippen LogP contribution in [0.25, 0.3) is 0 Å². The minimum absolute atomic E-state index is 0.0420. The molecule has 0 aromatic carbocycles. The Labute approximate surface area is 92.8 Å². The van der Waals surface area contributed by atoms with Gasteiger partial charge in [-0.3, -0.25) is 4.99 Å². The second-order valence-corrected chi connectivity index (χ2v) is 3.39. The summed E-state index contributed by atoms with van der Waals surface area (Å²) in [6.45, 7) is 0.339. The minimum atomic E-state index is -1.88. The van der Waals surface area contributed by atoms with Crippen molar-refractivity contribution in [1.29, 1.82) is 0 Å². The summed E-state index contributed by atoms with van der Waals surface area (Å²) < 4.78 is 0. The van der Waals surface area contributed by atoms with E-state index in [1.807, 2.05) is 0 Å². The van der Waals surface area contributed by atoms with Crippen molar-refractivity contribution in [1.82, 2.24) is 0 Å². The van der Waals surface area contributed by atoms with Crippen molar-refractivity contribution < 1.29 is 20.1 Å². The van der Waals surface area contributed by atoms with Crippen LogP contribution in [0.4, 0.5) is 0 Å². The highest BCUT2D eigenvalue weighted by molar-refractivity contribution is 5.75. The molecule has 94 valence electrons. The Bertz CT molecular complexity index is 254. The number of carbonyl (C=O) groups is 1. The quantitative estimate of drug-likeness (QED) is 0.157. The van der Waals surface area contributed by atoms with Crippen molar-refractivity contribution in [3.8, 4) is 0 Å². The first-order valence-corrected chi connectivity index (χ1v) is 4.76. The Morgan fingerprint density at radius 2 is 1.88 bits per heavy atom. The van der Waals surface area contributed by atoms with E-state index in [0.29, 0.717) is 19.4 Å². The molecule has 0 aliphatic carbocycles. The molecule has 0 aliphatic rings. The normalized spacial score (nSPS) is 16.2. The van der Waals surface area contributed by atoms with Crippen molar-refractivity contribution in [2.24, 2.45) is 22.2 Å². The van der Waals surface area contributed by atoms with Gasteiger partial charge >= 0.3 is 5.97 Å². The maximum absolute atomic E-state index is 10.3. The predicted octanol–water partition coefficient (Wildman–Crippen LogP) is -2.83. The number of aliphatic hydroxyl groups excluding tert-OH is 2. The van der Waals surface area contributed by atoms with Gasteiger partial charge in [-0.2, -0.15) is 0 Å². The van der Waals surface area contributed by atoms with Gasteiger partial charge in [-0.25, -0.2) is 4.79 Å². The first kappa shape index (κ1) is 14.6. The van der Waals surface area contributed by atoms with E-state index in [2.05, 4.69) is 4.99 Å². The number of hydrogen-bond acceptors (Lipinski definition) is 5. The van der Waals surface area contributed by atoms with Crippen molar-refractivity contribution >= 4 is 11.9 Å². The highest BCUT2D eigenvalue weighted by Gasteiger charge is 2.28. The van der Waals surface area contributed by atoms with Crippen LogP contribution < -0.4 is 17.2 Å². The summed E-state index contributed by atoms with van der Waals surface area (Å²) in [5.41, 5.74) is 15.7. The van der Waals surface area contributed by atoms with Crippen LogP contribution >= 0.6 is 0 Å². The number of nitrogens with two attached hydrogens (primary N) is 3. The molecule has 0 spiro atoms. The summed E-state index contributed by atoms with van der Waals surface area (Å²) in [7, 11) is 0. The van der Waals surface area contributed by atoms with Gasteiger partial charge in [0.1, 0.15) is 6.10 Å². The monoisotopic (exact) mass is 234 g/mol. The SMILES string of the molecule is NC(N)=NCCC[C@H](N)[C@@H](O)[C@@H](O)C(=O)O. The zero-order chi connectivity index (χ0) is 12.7. The molecule has 0 aromatic heterocycles. The smallest absolute Gasteiger partial charge is 0.335 e. The largest absolute Gasteiger partial charge is 0.479 e. The number of carboxylic acids is 1. The fraction of sp³-hybridized carbons (Fsp3) is 0.750. The summed E-state index contributed by atoms with van der Waals surface area (Å²) in [4.78, 5) is 14.0. The van der Waals surface area contributed by atoms with E-state index < -0.39 is 24.2 Å². The van der Waals surface area contributed by atoms with Crippen LogP contribution in [0, 0.1) is 0 Å². The molecule has 0 unspecified atom stereocenters. The zero-order valence-electron chi connectivity index (χ0n) is 8.78. The Morgan fingerprint density at radius 3 is 2.31 bits per heavy atom. The van der Waals surface area contributed by atoms with Crippen LogP contribution in [0.15, 0.2) is 4.99 Å². The maximum atomic E-state index is 10.3. The number of aliphatic carboxylic acids is 1. The molecule has 0 saturated heterocycles. The maximum Gasteiger partial charge on any atom is 0.335 e. The number of rotatable bonds is 7. The van der Waals surface area contributed by atoms with Crippen LogP contribution in [0.2, 0.25) is 0 Å². The molecule has 8 heteroatoms. The van der Waals surface area contributed by atoms with Gasteiger partial charge in [0.15, 0.2) is 12.1 Å². The lowest BCUT2D eigenvalue weighted by Crippen LogP contribution is -2.46. The van der Waals surface area contributed by atoms with Crippen molar-refractivity contribution in [3.05, 3.63) is 0 Å². The number of nitrogens with zero attached hydrogens (tertiary/aromatic N) is 1. The van der Waals surface area contributed by atoms with Gasteiger partial charge in [0.25, 0.3) is 0 Å². The third kappa shape index (κ3) is 5.49. The fourth-order valence-corrected chi connectivity index (χ4v) is 1.09. The van der Waals surface area contributed by atoms with Gasteiger partial charge in [-0.05, 0) is 12.8 Å². The zero-order valence-corrected chi connectivity index (χ0v) is 8.78. The Hall–Kier alpha value is -1.38. The van der Waals surface area contributed by atoms with Gasteiger partial charge in [0.2, 0.25) is 0 Å². The van der Waals surface area contributed by atoms with Crippen LogP contribution in [-0.2, 0) is 4.79 Å². The van der Waals surface area contributed by atoms with Crippen molar-refractivity contribution in [3.63, 3.8) is 0 Å². The second kappa shape index (κ2) is 6.99. The molecule has 0 rings (SSSR count). The van der Waals surface area contributed by atoms with Gasteiger partial charge in [-0.15, -0.1) is 0 Å². The lowest BCUT2D eigenvalue weighted by Gasteiger charge is -2.20. The third-order valence-corrected chi connectivity index (χ3v) is 2.01. The molecular formula is C8H18N4O4. The van der Waals surface area contributed by atoms with Crippen LogP contribution in [0.5, 0.6) is 0 Å². The van der Waals surface area contributed by atoms with E-state index in [1.54, 1.807) is 0 Å². The fourth-order valence-electron chi connectivity index (χ4n) is 1.09.